The molecule has 0 bridgehead atoms. The van der Waals surface area contributed by atoms with Gasteiger partial charge in [0.25, 0.3) is 0 Å². The number of nitrogens with zero attached hydrogens (tertiary/aromatic N) is 3. The van der Waals surface area contributed by atoms with Crippen molar-refractivity contribution in [3.8, 4) is 17.2 Å². The number of carbonyl (C=O) groups excluding carboxylic acids is 1. The predicted octanol–water partition coefficient (Wildman–Crippen LogP) is 4.11. The summed E-state index contributed by atoms with van der Waals surface area (Å²) in [6.07, 6.45) is 8.29. The molecule has 1 heterocycles. The number of aromatic nitrogens is 3. The van der Waals surface area contributed by atoms with E-state index in [1.165, 1.54) is 12.4 Å². The zero-order valence-electron chi connectivity index (χ0n) is 16.5. The third kappa shape index (κ3) is 5.44. The lowest BCUT2D eigenvalue weighted by atomic mass is 10.2. The Kier molecular flexibility index (Phi) is 7.00. The number of rotatable bonds is 9. The number of ether oxygens (including phenoxy) is 2. The Balaban J connectivity index is 1.68. The molecule has 0 unspecified atom stereocenters. The third-order valence-corrected chi connectivity index (χ3v) is 4.20. The number of carbonyl (C=O) groups is 1. The molecule has 3 rings (SSSR count). The first-order valence-electron chi connectivity index (χ1n) is 9.45. The van der Waals surface area contributed by atoms with Gasteiger partial charge in [0.05, 0.1) is 25.1 Å². The average Bonchev–Trinajstić information content (AvgIpc) is 3.28. The van der Waals surface area contributed by atoms with Gasteiger partial charge in [-0.15, -0.1) is 0 Å². The van der Waals surface area contributed by atoms with Gasteiger partial charge >= 0.3 is 0 Å². The monoisotopic (exact) mass is 392 g/mol. The number of hydrogen-bond acceptors (Lipinski definition) is 5. The molecule has 0 aliphatic rings. The number of unbranched alkanes of at least 4 members (excludes halogenated alkanes) is 1. The maximum Gasteiger partial charge on any atom is 0.248 e. The Hall–Kier alpha value is -3.61. The minimum atomic E-state index is -0.250. The van der Waals surface area contributed by atoms with Crippen molar-refractivity contribution < 1.29 is 14.3 Å². The Morgan fingerprint density at radius 3 is 2.83 bits per heavy atom. The van der Waals surface area contributed by atoms with Crippen LogP contribution < -0.4 is 14.8 Å². The van der Waals surface area contributed by atoms with Crippen molar-refractivity contribution in [1.29, 1.82) is 0 Å². The van der Waals surface area contributed by atoms with Crippen molar-refractivity contribution in [2.75, 3.05) is 19.0 Å². The van der Waals surface area contributed by atoms with Gasteiger partial charge in [0.2, 0.25) is 5.91 Å². The highest BCUT2D eigenvalue weighted by molar-refractivity contribution is 6.03. The minimum absolute atomic E-state index is 0.250. The van der Waals surface area contributed by atoms with Crippen LogP contribution >= 0.6 is 0 Å². The highest BCUT2D eigenvalue weighted by atomic mass is 16.5. The number of nitrogens with one attached hydrogen (secondary N) is 1. The molecule has 0 fully saturated rings. The SMILES string of the molecule is CCCCOc1ccc(/C=C/C(=O)Nc2ccccc2-n2cncn2)cc1OC. The summed E-state index contributed by atoms with van der Waals surface area (Å²) in [5.74, 6) is 1.09. The molecule has 7 heteroatoms. The molecule has 0 saturated carbocycles. The Morgan fingerprint density at radius 1 is 1.21 bits per heavy atom. The van der Waals surface area contributed by atoms with Crippen LogP contribution in [0, 0.1) is 0 Å². The van der Waals surface area contributed by atoms with Crippen LogP contribution in [0.25, 0.3) is 11.8 Å². The van der Waals surface area contributed by atoms with E-state index >= 15 is 0 Å². The second-order valence-electron chi connectivity index (χ2n) is 6.29. The van der Waals surface area contributed by atoms with Gasteiger partial charge in [-0.05, 0) is 42.3 Å². The normalized spacial score (nSPS) is 10.8. The van der Waals surface area contributed by atoms with Crippen LogP contribution in [0.4, 0.5) is 5.69 Å². The number of amides is 1. The zero-order valence-corrected chi connectivity index (χ0v) is 16.5. The fraction of sp³-hybridized carbons (Fsp3) is 0.227. The number of hydrogen-bond donors (Lipinski definition) is 1. The van der Waals surface area contributed by atoms with Gasteiger partial charge in [-0.1, -0.05) is 31.5 Å². The lowest BCUT2D eigenvalue weighted by Crippen LogP contribution is -2.10. The molecule has 0 saturated heterocycles. The van der Waals surface area contributed by atoms with E-state index in [0.29, 0.717) is 23.8 Å². The lowest BCUT2D eigenvalue weighted by Gasteiger charge is -2.11. The van der Waals surface area contributed by atoms with E-state index in [-0.39, 0.29) is 5.91 Å². The molecule has 2 aromatic carbocycles. The second kappa shape index (κ2) is 10.1. The van der Waals surface area contributed by atoms with Crippen LogP contribution in [0.15, 0.2) is 61.2 Å². The van der Waals surface area contributed by atoms with Crippen molar-refractivity contribution >= 4 is 17.7 Å². The number of anilines is 1. The second-order valence-corrected chi connectivity index (χ2v) is 6.29. The largest absolute Gasteiger partial charge is 0.493 e. The summed E-state index contributed by atoms with van der Waals surface area (Å²) < 4.78 is 12.7. The predicted molar refractivity (Wildman–Crippen MR) is 112 cm³/mol. The molecular weight excluding hydrogens is 368 g/mol. The Bertz CT molecular complexity index is 968. The Morgan fingerprint density at radius 2 is 2.07 bits per heavy atom. The van der Waals surface area contributed by atoms with Gasteiger partial charge in [-0.2, -0.15) is 5.10 Å². The molecule has 0 radical (unpaired) electrons. The van der Waals surface area contributed by atoms with E-state index in [4.69, 9.17) is 9.47 Å². The van der Waals surface area contributed by atoms with Gasteiger partial charge in [-0.25, -0.2) is 9.67 Å². The molecule has 150 valence electrons. The van der Waals surface area contributed by atoms with Crippen LogP contribution in [0.3, 0.4) is 0 Å². The molecule has 0 spiro atoms. The Labute approximate surface area is 170 Å². The van der Waals surface area contributed by atoms with Crippen LogP contribution in [-0.2, 0) is 4.79 Å². The first-order chi connectivity index (χ1) is 14.2. The van der Waals surface area contributed by atoms with Crippen molar-refractivity contribution in [3.63, 3.8) is 0 Å². The van der Waals surface area contributed by atoms with Gasteiger partial charge in [0.15, 0.2) is 11.5 Å². The average molecular weight is 392 g/mol. The summed E-state index contributed by atoms with van der Waals surface area (Å²) in [5, 5.41) is 6.99. The molecule has 0 atom stereocenters. The molecular formula is C22H24N4O3. The van der Waals surface area contributed by atoms with Gasteiger partial charge in [0.1, 0.15) is 12.7 Å². The maximum atomic E-state index is 12.4. The standard InChI is InChI=1S/C22H24N4O3/c1-3-4-13-29-20-11-9-17(14-21(20)28-2)10-12-22(27)25-18-7-5-6-8-19(18)26-16-23-15-24-26/h5-12,14-16H,3-4,13H2,1-2H3,(H,25,27)/b12-10+. The fourth-order valence-electron chi connectivity index (χ4n) is 2.69. The van der Waals surface area contributed by atoms with Crippen LogP contribution in [0.1, 0.15) is 25.3 Å². The lowest BCUT2D eigenvalue weighted by molar-refractivity contribution is -0.111. The summed E-state index contributed by atoms with van der Waals surface area (Å²) >= 11 is 0. The van der Waals surface area contributed by atoms with E-state index in [0.717, 1.165) is 24.1 Å². The van der Waals surface area contributed by atoms with Crippen molar-refractivity contribution in [3.05, 3.63) is 66.8 Å². The van der Waals surface area contributed by atoms with Crippen molar-refractivity contribution in [2.24, 2.45) is 0 Å². The molecule has 0 aliphatic carbocycles. The zero-order chi connectivity index (χ0) is 20.5. The number of methoxy groups -OCH3 is 1. The highest BCUT2D eigenvalue weighted by Crippen LogP contribution is 2.28. The summed E-state index contributed by atoms with van der Waals surface area (Å²) in [7, 11) is 1.60. The summed E-state index contributed by atoms with van der Waals surface area (Å²) in [6, 6.07) is 13.0. The first-order valence-corrected chi connectivity index (χ1v) is 9.45. The van der Waals surface area contributed by atoms with E-state index in [2.05, 4.69) is 22.3 Å². The summed E-state index contributed by atoms with van der Waals surface area (Å²) in [4.78, 5) is 16.3. The molecule has 1 N–H and O–H groups in total. The summed E-state index contributed by atoms with van der Waals surface area (Å²) in [5.41, 5.74) is 2.22. The van der Waals surface area contributed by atoms with Crippen LogP contribution in [0.2, 0.25) is 0 Å². The van der Waals surface area contributed by atoms with Gasteiger partial charge < -0.3 is 14.8 Å². The molecule has 1 amide bonds. The molecule has 3 aromatic rings. The van der Waals surface area contributed by atoms with Crippen molar-refractivity contribution in [1.82, 2.24) is 14.8 Å². The van der Waals surface area contributed by atoms with E-state index in [9.17, 15) is 4.79 Å². The van der Waals surface area contributed by atoms with E-state index in [1.54, 1.807) is 24.2 Å². The molecule has 7 nitrogen and oxygen atoms in total. The molecule has 29 heavy (non-hydrogen) atoms. The smallest absolute Gasteiger partial charge is 0.248 e. The maximum absolute atomic E-state index is 12.4. The number of benzene rings is 2. The highest BCUT2D eigenvalue weighted by Gasteiger charge is 2.08. The fourth-order valence-corrected chi connectivity index (χ4v) is 2.69. The minimum Gasteiger partial charge on any atom is -0.493 e. The third-order valence-electron chi connectivity index (χ3n) is 4.20. The number of para-hydroxylation sites is 2. The quantitative estimate of drug-likeness (QED) is 0.438. The molecule has 0 aliphatic heterocycles. The van der Waals surface area contributed by atoms with Crippen LogP contribution in [-0.4, -0.2) is 34.4 Å². The summed E-state index contributed by atoms with van der Waals surface area (Å²) in [6.45, 7) is 2.76. The van der Waals surface area contributed by atoms with E-state index < -0.39 is 0 Å². The molecule has 1 aromatic heterocycles. The van der Waals surface area contributed by atoms with Gasteiger partial charge in [0, 0.05) is 6.08 Å². The first kappa shape index (κ1) is 20.1. The van der Waals surface area contributed by atoms with Gasteiger partial charge in [-0.3, -0.25) is 4.79 Å². The van der Waals surface area contributed by atoms with E-state index in [1.807, 2.05) is 42.5 Å². The van der Waals surface area contributed by atoms with Crippen LogP contribution in [0.5, 0.6) is 11.5 Å². The van der Waals surface area contributed by atoms with Crippen molar-refractivity contribution in [2.45, 2.75) is 19.8 Å². The topological polar surface area (TPSA) is 78.3 Å².